The fourth-order valence-corrected chi connectivity index (χ4v) is 2.93. The highest BCUT2D eigenvalue weighted by Gasteiger charge is 2.15. The summed E-state index contributed by atoms with van der Waals surface area (Å²) < 4.78 is 5.20. The first-order valence-electron chi connectivity index (χ1n) is 8.12. The minimum absolute atomic E-state index is 0.00283. The number of aromatic nitrogens is 1. The molecule has 3 nitrogen and oxygen atoms in total. The minimum atomic E-state index is -0.00283. The second-order valence-electron chi connectivity index (χ2n) is 7.24. The van der Waals surface area contributed by atoms with Crippen molar-refractivity contribution in [2.45, 2.75) is 33.1 Å². The molecule has 0 aliphatic carbocycles. The Morgan fingerprint density at radius 3 is 2.38 bits per heavy atom. The Bertz CT molecular complexity index is 962. The third-order valence-electron chi connectivity index (χ3n) is 4.42. The maximum Gasteiger partial charge on any atom is 0.190 e. The smallest absolute Gasteiger partial charge is 0.190 e. The first-order valence-corrected chi connectivity index (χ1v) is 8.12. The quantitative estimate of drug-likeness (QED) is 0.736. The summed E-state index contributed by atoms with van der Waals surface area (Å²) in [5, 5.41) is 0.641. The van der Waals surface area contributed by atoms with Crippen molar-refractivity contribution in [3.8, 4) is 17.0 Å². The zero-order chi connectivity index (χ0) is 17.5. The van der Waals surface area contributed by atoms with E-state index in [1.54, 1.807) is 19.2 Å². The Kier molecular flexibility index (Phi) is 3.96. The van der Waals surface area contributed by atoms with Crippen molar-refractivity contribution in [3.05, 3.63) is 63.8 Å². The first-order chi connectivity index (χ1) is 11.3. The van der Waals surface area contributed by atoms with Gasteiger partial charge in [0.2, 0.25) is 0 Å². The van der Waals surface area contributed by atoms with Gasteiger partial charge in [-0.15, -0.1) is 0 Å². The summed E-state index contributed by atoms with van der Waals surface area (Å²) in [6.45, 7) is 8.69. The van der Waals surface area contributed by atoms with E-state index in [0.29, 0.717) is 11.1 Å². The van der Waals surface area contributed by atoms with E-state index in [1.165, 1.54) is 5.56 Å². The molecule has 1 heterocycles. The van der Waals surface area contributed by atoms with Crippen LogP contribution in [-0.2, 0) is 5.41 Å². The molecule has 124 valence electrons. The highest BCUT2D eigenvalue weighted by atomic mass is 16.5. The van der Waals surface area contributed by atoms with Crippen LogP contribution >= 0.6 is 0 Å². The van der Waals surface area contributed by atoms with E-state index in [2.05, 4.69) is 50.9 Å². The molecule has 3 heteroatoms. The predicted molar refractivity (Wildman–Crippen MR) is 100.0 cm³/mol. The van der Waals surface area contributed by atoms with Crippen LogP contribution in [0.15, 0.2) is 47.3 Å². The molecule has 2 aromatic carbocycles. The summed E-state index contributed by atoms with van der Waals surface area (Å²) in [5.74, 6) is 0.687. The topological polar surface area (TPSA) is 42.1 Å². The normalized spacial score (nSPS) is 11.7. The zero-order valence-electron chi connectivity index (χ0n) is 14.9. The first kappa shape index (κ1) is 16.3. The number of benzene rings is 2. The van der Waals surface area contributed by atoms with E-state index in [9.17, 15) is 4.79 Å². The van der Waals surface area contributed by atoms with Gasteiger partial charge in [0, 0.05) is 28.2 Å². The average molecular weight is 321 g/mol. The van der Waals surface area contributed by atoms with Crippen LogP contribution in [0.3, 0.4) is 0 Å². The second kappa shape index (κ2) is 5.82. The summed E-state index contributed by atoms with van der Waals surface area (Å²) in [5.41, 5.74) is 5.27. The Hall–Kier alpha value is -2.55. The van der Waals surface area contributed by atoms with Gasteiger partial charge in [0.25, 0.3) is 0 Å². The van der Waals surface area contributed by atoms with Gasteiger partial charge in [0.15, 0.2) is 5.43 Å². The van der Waals surface area contributed by atoms with E-state index < -0.39 is 0 Å². The molecule has 0 saturated heterocycles. The van der Waals surface area contributed by atoms with E-state index in [4.69, 9.17) is 4.74 Å². The van der Waals surface area contributed by atoms with Crippen molar-refractivity contribution in [1.29, 1.82) is 0 Å². The van der Waals surface area contributed by atoms with Gasteiger partial charge in [-0.2, -0.15) is 0 Å². The van der Waals surface area contributed by atoms with Crippen LogP contribution in [0.1, 0.15) is 31.9 Å². The molecule has 0 atom stereocenters. The highest BCUT2D eigenvalue weighted by molar-refractivity contribution is 5.83. The van der Waals surface area contributed by atoms with Gasteiger partial charge in [0.1, 0.15) is 5.75 Å². The molecule has 1 N–H and O–H groups in total. The minimum Gasteiger partial charge on any atom is -0.497 e. The average Bonchev–Trinajstić information content (AvgIpc) is 2.53. The third-order valence-corrected chi connectivity index (χ3v) is 4.42. The number of fused-ring (bicyclic) bond motifs is 1. The van der Waals surface area contributed by atoms with Crippen LogP contribution in [0.25, 0.3) is 22.2 Å². The summed E-state index contributed by atoms with van der Waals surface area (Å²) in [7, 11) is 1.60. The van der Waals surface area contributed by atoms with Crippen molar-refractivity contribution in [2.75, 3.05) is 7.11 Å². The molecule has 0 amide bonds. The van der Waals surface area contributed by atoms with Crippen LogP contribution in [0.5, 0.6) is 5.75 Å². The molecule has 1 aromatic heterocycles. The monoisotopic (exact) mass is 321 g/mol. The molecule has 0 unspecified atom stereocenters. The van der Waals surface area contributed by atoms with Crippen LogP contribution in [0.4, 0.5) is 0 Å². The number of hydrogen-bond donors (Lipinski definition) is 1. The van der Waals surface area contributed by atoms with Crippen LogP contribution < -0.4 is 10.2 Å². The van der Waals surface area contributed by atoms with Crippen molar-refractivity contribution in [2.24, 2.45) is 0 Å². The van der Waals surface area contributed by atoms with E-state index >= 15 is 0 Å². The fraction of sp³-hybridized carbons (Fsp3) is 0.286. The number of rotatable bonds is 2. The van der Waals surface area contributed by atoms with Gasteiger partial charge in [-0.25, -0.2) is 0 Å². The highest BCUT2D eigenvalue weighted by Crippen LogP contribution is 2.29. The molecular formula is C21H23NO2. The summed E-state index contributed by atoms with van der Waals surface area (Å²) in [6.07, 6.45) is 0. The van der Waals surface area contributed by atoms with Crippen LogP contribution in [-0.4, -0.2) is 12.1 Å². The summed E-state index contributed by atoms with van der Waals surface area (Å²) in [6, 6.07) is 13.6. The van der Waals surface area contributed by atoms with E-state index in [0.717, 1.165) is 22.3 Å². The summed E-state index contributed by atoms with van der Waals surface area (Å²) >= 11 is 0. The Labute approximate surface area is 142 Å². The van der Waals surface area contributed by atoms with Crippen molar-refractivity contribution in [3.63, 3.8) is 0 Å². The Morgan fingerprint density at radius 1 is 1.00 bits per heavy atom. The SMILES string of the molecule is COc1ccc2[nH]c(-c3ccc(C(C)(C)C)cc3C)cc(=O)c2c1. The number of hydrogen-bond acceptors (Lipinski definition) is 2. The molecule has 3 aromatic rings. The van der Waals surface area contributed by atoms with Crippen LogP contribution in [0.2, 0.25) is 0 Å². The lowest BCUT2D eigenvalue weighted by Gasteiger charge is -2.20. The number of nitrogens with one attached hydrogen (secondary N) is 1. The maximum absolute atomic E-state index is 12.5. The number of H-pyrrole nitrogens is 1. The Balaban J connectivity index is 2.15. The van der Waals surface area contributed by atoms with Gasteiger partial charge in [-0.3, -0.25) is 4.79 Å². The lowest BCUT2D eigenvalue weighted by atomic mass is 9.85. The Morgan fingerprint density at radius 2 is 1.75 bits per heavy atom. The molecule has 0 radical (unpaired) electrons. The number of pyridine rings is 1. The molecule has 3 rings (SSSR count). The molecule has 0 saturated carbocycles. The molecule has 24 heavy (non-hydrogen) atoms. The van der Waals surface area contributed by atoms with Gasteiger partial charge >= 0.3 is 0 Å². The maximum atomic E-state index is 12.5. The van der Waals surface area contributed by atoms with E-state index in [-0.39, 0.29) is 10.8 Å². The van der Waals surface area contributed by atoms with E-state index in [1.807, 2.05) is 12.1 Å². The predicted octanol–water partition coefficient (Wildman–Crippen LogP) is 4.81. The number of aryl methyl sites for hydroxylation is 1. The largest absolute Gasteiger partial charge is 0.497 e. The molecule has 0 bridgehead atoms. The number of ether oxygens (including phenoxy) is 1. The fourth-order valence-electron chi connectivity index (χ4n) is 2.93. The molecule has 0 aliphatic heterocycles. The molecule has 0 aliphatic rings. The lowest BCUT2D eigenvalue weighted by molar-refractivity contribution is 0.415. The molecular weight excluding hydrogens is 298 g/mol. The van der Waals surface area contributed by atoms with Crippen molar-refractivity contribution >= 4 is 10.9 Å². The van der Waals surface area contributed by atoms with Crippen LogP contribution in [0, 0.1) is 6.92 Å². The molecule has 0 spiro atoms. The van der Waals surface area contributed by atoms with Gasteiger partial charge in [-0.05, 0) is 41.7 Å². The standard InChI is InChI=1S/C21H23NO2/c1-13-10-14(21(2,3)4)6-8-16(13)19-12-20(23)17-11-15(24-5)7-9-18(17)22-19/h6-12H,1-5H3,(H,22,23). The van der Waals surface area contributed by atoms with Gasteiger partial charge in [-0.1, -0.05) is 39.0 Å². The lowest BCUT2D eigenvalue weighted by Crippen LogP contribution is -2.11. The molecule has 0 fully saturated rings. The van der Waals surface area contributed by atoms with Gasteiger partial charge in [0.05, 0.1) is 7.11 Å². The number of methoxy groups -OCH3 is 1. The third kappa shape index (κ3) is 2.94. The zero-order valence-corrected chi connectivity index (χ0v) is 14.9. The van der Waals surface area contributed by atoms with Crippen molar-refractivity contribution in [1.82, 2.24) is 4.98 Å². The van der Waals surface area contributed by atoms with Gasteiger partial charge < -0.3 is 9.72 Å². The number of aromatic amines is 1. The summed E-state index contributed by atoms with van der Waals surface area (Å²) in [4.78, 5) is 15.9. The second-order valence-corrected chi connectivity index (χ2v) is 7.24. The van der Waals surface area contributed by atoms with Crippen molar-refractivity contribution < 1.29 is 4.74 Å².